The molecule has 18 nitrogen and oxygen atoms in total. The van der Waals surface area contributed by atoms with Crippen molar-refractivity contribution in [1.82, 2.24) is 39.9 Å². The van der Waals surface area contributed by atoms with E-state index in [4.69, 9.17) is 9.97 Å². The number of pyridine rings is 1. The fraction of sp³-hybridized carbons (Fsp3) is 0.500. The first-order valence-corrected chi connectivity index (χ1v) is 29.3. The zero-order valence-corrected chi connectivity index (χ0v) is 46.9. The molecule has 2 saturated carbocycles. The number of fused-ring (bicyclic) bond motifs is 4. The van der Waals surface area contributed by atoms with Crippen molar-refractivity contribution in [2.75, 3.05) is 41.7 Å². The molecule has 3 aromatic carbocycles. The Bertz CT molecular complexity index is 3400. The number of piperidine rings is 3. The van der Waals surface area contributed by atoms with Crippen LogP contribution in [-0.4, -0.2) is 127 Å². The van der Waals surface area contributed by atoms with Gasteiger partial charge in [-0.25, -0.2) is 14.4 Å². The standard InChI is InChI=1S/C62H72FN11O7/c1-34(2)65-57(77)43-31-48(45(63)26-36(43)5)68-56-55-49(64-33-72(55)35(3)4)32-47(67-56)38-14-17-44-51(28-38)73(41-29-40(30-41)70-22-7-6-8-23-70)61(81)62(44)20-24-71(25-21-62)53(76)27-37-12-15-39(16-13-37)66-46-11-9-10-42-54(46)60(80)74(59(42)79)50-18-19-52(75)69-58(50)78/h9-11,14,17,26,28,31-35,37,39-41,50,66H,6-8,12-13,15-16,18-25,27,29-30H2,1-5H3,(H,65,77)(H,67,68)(H,69,75,78)/t37-,39-,40-,41+,50?. The molecule has 424 valence electrons. The van der Waals surface area contributed by atoms with Gasteiger partial charge in [0.1, 0.15) is 17.4 Å². The number of anilines is 4. The van der Waals surface area contributed by atoms with E-state index in [1.54, 1.807) is 31.5 Å². The summed E-state index contributed by atoms with van der Waals surface area (Å²) in [6, 6.07) is 15.5. The molecule has 1 atom stereocenters. The summed E-state index contributed by atoms with van der Waals surface area (Å²) in [4.78, 5) is 112. The summed E-state index contributed by atoms with van der Waals surface area (Å²) in [6.45, 7) is 12.7. The number of imide groups is 2. The Labute approximate surface area is 471 Å². The van der Waals surface area contributed by atoms with Crippen LogP contribution in [0.5, 0.6) is 0 Å². The van der Waals surface area contributed by atoms with Crippen molar-refractivity contribution in [3.8, 4) is 11.3 Å². The van der Waals surface area contributed by atoms with Crippen LogP contribution in [-0.2, 0) is 24.6 Å². The van der Waals surface area contributed by atoms with E-state index in [2.05, 4.69) is 43.2 Å². The van der Waals surface area contributed by atoms with Gasteiger partial charge in [0.15, 0.2) is 5.82 Å². The predicted molar refractivity (Wildman–Crippen MR) is 305 cm³/mol. The molecule has 12 rings (SSSR count). The lowest BCUT2D eigenvalue weighted by Gasteiger charge is -2.48. The zero-order valence-electron chi connectivity index (χ0n) is 46.9. The Hall–Kier alpha value is -7.54. The number of aromatic nitrogens is 3. The Morgan fingerprint density at radius 2 is 1.58 bits per heavy atom. The molecule has 7 aliphatic rings. The van der Waals surface area contributed by atoms with Crippen molar-refractivity contribution >= 4 is 75.3 Å². The van der Waals surface area contributed by atoms with Crippen molar-refractivity contribution in [2.24, 2.45) is 5.92 Å². The van der Waals surface area contributed by atoms with Crippen molar-refractivity contribution in [3.63, 3.8) is 0 Å². The highest BCUT2D eigenvalue weighted by Gasteiger charge is 2.56. The number of hydrogen-bond acceptors (Lipinski definition) is 12. The number of nitrogens with zero attached hydrogens (tertiary/aromatic N) is 7. The lowest BCUT2D eigenvalue weighted by Crippen LogP contribution is -2.58. The largest absolute Gasteiger partial charge is 0.382 e. The van der Waals surface area contributed by atoms with Crippen LogP contribution in [0.3, 0.4) is 0 Å². The van der Waals surface area contributed by atoms with E-state index in [9.17, 15) is 28.8 Å². The summed E-state index contributed by atoms with van der Waals surface area (Å²) in [6.07, 6.45) is 11.9. The summed E-state index contributed by atoms with van der Waals surface area (Å²) in [7, 11) is 0. The van der Waals surface area contributed by atoms with Crippen molar-refractivity contribution < 1.29 is 38.0 Å². The fourth-order valence-corrected chi connectivity index (χ4v) is 14.0. The van der Waals surface area contributed by atoms with Gasteiger partial charge < -0.3 is 35.2 Å². The number of rotatable bonds is 13. The fourth-order valence-electron chi connectivity index (χ4n) is 14.0. The van der Waals surface area contributed by atoms with Crippen LogP contribution in [0.15, 0.2) is 60.9 Å². The van der Waals surface area contributed by atoms with Crippen LogP contribution >= 0.6 is 0 Å². The van der Waals surface area contributed by atoms with E-state index < -0.39 is 40.9 Å². The maximum absolute atomic E-state index is 15.9. The Morgan fingerprint density at radius 1 is 0.827 bits per heavy atom. The van der Waals surface area contributed by atoms with Crippen LogP contribution in [0, 0.1) is 18.7 Å². The van der Waals surface area contributed by atoms with E-state index >= 15 is 9.18 Å². The van der Waals surface area contributed by atoms with Crippen LogP contribution in [0.1, 0.15) is 166 Å². The maximum atomic E-state index is 15.9. The first-order valence-electron chi connectivity index (χ1n) is 29.3. The van der Waals surface area contributed by atoms with Gasteiger partial charge in [0, 0.05) is 78.6 Å². The minimum atomic E-state index is -1.04. The van der Waals surface area contributed by atoms with E-state index in [1.165, 1.54) is 31.4 Å². The number of hydrogen-bond donors (Lipinski definition) is 4. The van der Waals surface area contributed by atoms with E-state index in [0.29, 0.717) is 77.8 Å². The molecule has 7 amide bonds. The summed E-state index contributed by atoms with van der Waals surface area (Å²) < 4.78 is 17.9. The molecule has 0 radical (unpaired) electrons. The Kier molecular flexibility index (Phi) is 14.3. The number of benzene rings is 3. The quantitative estimate of drug-likeness (QED) is 0.0816. The van der Waals surface area contributed by atoms with Gasteiger partial charge in [-0.2, -0.15) is 0 Å². The number of amides is 7. The van der Waals surface area contributed by atoms with E-state index in [-0.39, 0.29) is 77.5 Å². The molecule has 81 heavy (non-hydrogen) atoms. The third-order valence-electron chi connectivity index (χ3n) is 18.5. The lowest BCUT2D eigenvalue weighted by atomic mass is 9.73. The summed E-state index contributed by atoms with van der Waals surface area (Å²) in [5.74, 6) is -2.24. The molecule has 0 bridgehead atoms. The Morgan fingerprint density at radius 3 is 2.30 bits per heavy atom. The number of halogens is 1. The van der Waals surface area contributed by atoms with Gasteiger partial charge in [0.05, 0.1) is 39.8 Å². The number of likely N-dealkylation sites (tertiary alicyclic amines) is 2. The first-order chi connectivity index (χ1) is 39.0. The molecule has 3 saturated heterocycles. The molecule has 1 spiro atoms. The minimum Gasteiger partial charge on any atom is -0.382 e. The van der Waals surface area contributed by atoms with Gasteiger partial charge in [0.2, 0.25) is 23.6 Å². The molecule has 5 aromatic rings. The van der Waals surface area contributed by atoms with Crippen molar-refractivity contribution in [3.05, 3.63) is 94.6 Å². The van der Waals surface area contributed by atoms with Crippen LogP contribution in [0.25, 0.3) is 22.3 Å². The second-order valence-electron chi connectivity index (χ2n) is 24.4. The van der Waals surface area contributed by atoms with Crippen molar-refractivity contribution in [2.45, 2.75) is 166 Å². The molecular weight excluding hydrogens is 1030 g/mol. The number of imidazole rings is 1. The summed E-state index contributed by atoms with van der Waals surface area (Å²) in [5.41, 5.74) is 5.77. The van der Waals surface area contributed by atoms with Crippen LogP contribution in [0.2, 0.25) is 0 Å². The van der Waals surface area contributed by atoms with Gasteiger partial charge in [-0.15, -0.1) is 0 Å². The molecule has 2 aliphatic carbocycles. The monoisotopic (exact) mass is 1100 g/mol. The highest BCUT2D eigenvalue weighted by molar-refractivity contribution is 6.25. The van der Waals surface area contributed by atoms with Gasteiger partial charge in [-0.05, 0) is 172 Å². The van der Waals surface area contributed by atoms with Crippen LogP contribution < -0.4 is 26.2 Å². The summed E-state index contributed by atoms with van der Waals surface area (Å²) >= 11 is 0. The average molecular weight is 1100 g/mol. The van der Waals surface area contributed by atoms with E-state index in [1.807, 2.05) is 49.3 Å². The minimum absolute atomic E-state index is 0.00683. The first kappa shape index (κ1) is 54.1. The number of carbonyl (C=O) groups is 7. The molecule has 19 heteroatoms. The molecule has 4 N–H and O–H groups in total. The van der Waals surface area contributed by atoms with Gasteiger partial charge >= 0.3 is 0 Å². The third kappa shape index (κ3) is 9.81. The normalized spacial score (nSPS) is 23.8. The number of aryl methyl sites for hydroxylation is 1. The lowest BCUT2D eigenvalue weighted by molar-refractivity contribution is -0.137. The second-order valence-corrected chi connectivity index (χ2v) is 24.4. The molecule has 1 unspecified atom stereocenters. The van der Waals surface area contributed by atoms with Crippen molar-refractivity contribution in [1.29, 1.82) is 0 Å². The predicted octanol–water partition coefficient (Wildman–Crippen LogP) is 8.69. The van der Waals surface area contributed by atoms with E-state index in [0.717, 1.165) is 73.3 Å². The SMILES string of the molecule is Cc1cc(F)c(Nc2nc(-c3ccc4c(c3)N([C@H]3C[C@@H](N5CCCCC5)C3)C(=O)C43CCN(C(=O)C[C@H]4CC[C@H](Nc5cccc6c5C(=O)N(C5CCC(=O)NC5=O)C6=O)CC4)CC3)cc3ncn(C(C)C)c23)cc1C(=O)NC(C)C. The van der Waals surface area contributed by atoms with Gasteiger partial charge in [-0.1, -0.05) is 24.6 Å². The Balaban J connectivity index is 0.757. The third-order valence-corrected chi connectivity index (χ3v) is 18.5. The summed E-state index contributed by atoms with van der Waals surface area (Å²) in [5, 5.41) is 12.0. The van der Waals surface area contributed by atoms with Gasteiger partial charge in [0.25, 0.3) is 17.7 Å². The molecular formula is C62H72FN11O7. The molecule has 5 fully saturated rings. The van der Waals surface area contributed by atoms with Crippen LogP contribution in [0.4, 0.5) is 27.3 Å². The zero-order chi connectivity index (χ0) is 56.6. The molecule has 7 heterocycles. The average Bonchev–Trinajstić information content (AvgIpc) is 4.29. The highest BCUT2D eigenvalue weighted by Crippen LogP contribution is 2.52. The molecule has 2 aromatic heterocycles. The topological polar surface area (TPSA) is 211 Å². The number of carbonyl (C=O) groups excluding carboxylic acids is 7. The smallest absolute Gasteiger partial charge is 0.264 e. The highest BCUT2D eigenvalue weighted by atomic mass is 19.1. The second kappa shape index (κ2) is 21.4. The molecule has 5 aliphatic heterocycles. The number of nitrogens with one attached hydrogen (secondary N) is 4. The van der Waals surface area contributed by atoms with Gasteiger partial charge in [-0.3, -0.25) is 43.8 Å². The maximum Gasteiger partial charge on any atom is 0.264 e.